The third-order valence-electron chi connectivity index (χ3n) is 2.48. The van der Waals surface area contributed by atoms with Gasteiger partial charge in [-0.05, 0) is 32.0 Å². The van der Waals surface area contributed by atoms with Crippen molar-refractivity contribution in [2.45, 2.75) is 20.0 Å². The second-order valence-corrected chi connectivity index (χ2v) is 4.84. The van der Waals surface area contributed by atoms with Crippen molar-refractivity contribution >= 4 is 17.3 Å². The van der Waals surface area contributed by atoms with Crippen molar-refractivity contribution in [3.8, 4) is 0 Å². The Bertz CT molecular complexity index is 530. The molecule has 0 radical (unpaired) electrons. The van der Waals surface area contributed by atoms with Gasteiger partial charge in [0.15, 0.2) is 0 Å². The van der Waals surface area contributed by atoms with Gasteiger partial charge in [0, 0.05) is 20.2 Å². The third-order valence-corrected chi connectivity index (χ3v) is 2.48. The predicted octanol–water partition coefficient (Wildman–Crippen LogP) is 3.68. The number of hydrogen-bond acceptors (Lipinski definition) is 2. The summed E-state index contributed by atoms with van der Waals surface area (Å²) in [5.41, 5.74) is 0.609. The minimum absolute atomic E-state index is 0.132. The lowest BCUT2D eigenvalue weighted by Crippen LogP contribution is -2.16. The smallest absolute Gasteiger partial charge is 0.376 e. The van der Waals surface area contributed by atoms with E-state index in [1.54, 1.807) is 32.8 Å². The van der Waals surface area contributed by atoms with E-state index in [2.05, 4.69) is 5.32 Å². The fourth-order valence-corrected chi connectivity index (χ4v) is 1.63. The number of nitrogens with zero attached hydrogens (tertiary/aromatic N) is 1. The van der Waals surface area contributed by atoms with Crippen molar-refractivity contribution in [2.24, 2.45) is 0 Å². The molecule has 110 valence electrons. The maximum atomic E-state index is 12.7. The van der Waals surface area contributed by atoms with Gasteiger partial charge < -0.3 is 10.2 Å². The number of halogens is 3. The van der Waals surface area contributed by atoms with Crippen molar-refractivity contribution in [2.75, 3.05) is 24.3 Å². The first kappa shape index (κ1) is 16.1. The Morgan fingerprint density at radius 2 is 1.85 bits per heavy atom. The van der Waals surface area contributed by atoms with Crippen molar-refractivity contribution in [3.63, 3.8) is 0 Å². The van der Waals surface area contributed by atoms with Crippen LogP contribution < -0.4 is 10.2 Å². The van der Waals surface area contributed by atoms with Crippen LogP contribution in [0.4, 0.5) is 24.5 Å². The van der Waals surface area contributed by atoms with Gasteiger partial charge in [0.05, 0.1) is 16.9 Å². The number of alkyl halides is 3. The average molecular weight is 286 g/mol. The van der Waals surface area contributed by atoms with E-state index in [0.717, 1.165) is 17.7 Å². The number of amides is 1. The van der Waals surface area contributed by atoms with Crippen LogP contribution in [0, 0.1) is 0 Å². The lowest BCUT2D eigenvalue weighted by Gasteiger charge is -2.19. The second-order valence-electron chi connectivity index (χ2n) is 4.84. The molecule has 0 aliphatic heterocycles. The summed E-state index contributed by atoms with van der Waals surface area (Å²) in [5, 5.41) is 2.48. The van der Waals surface area contributed by atoms with Crippen LogP contribution in [0.1, 0.15) is 19.4 Å². The van der Waals surface area contributed by atoms with E-state index in [-0.39, 0.29) is 5.69 Å². The zero-order chi connectivity index (χ0) is 15.5. The molecule has 0 unspecified atom stereocenters. The predicted molar refractivity (Wildman–Crippen MR) is 73.8 cm³/mol. The Balaban J connectivity index is 3.19. The number of rotatable bonds is 3. The summed E-state index contributed by atoms with van der Waals surface area (Å²) in [6, 6.07) is 3.26. The summed E-state index contributed by atoms with van der Waals surface area (Å²) in [4.78, 5) is 13.3. The number of allylic oxidation sites excluding steroid dienone is 1. The highest BCUT2D eigenvalue weighted by Gasteiger charge is 2.31. The topological polar surface area (TPSA) is 32.3 Å². The summed E-state index contributed by atoms with van der Waals surface area (Å²) in [7, 11) is 3.39. The van der Waals surface area contributed by atoms with E-state index < -0.39 is 17.6 Å². The quantitative estimate of drug-likeness (QED) is 0.860. The first-order valence-corrected chi connectivity index (χ1v) is 5.95. The average Bonchev–Trinajstić information content (AvgIpc) is 2.25. The monoisotopic (exact) mass is 286 g/mol. The molecule has 1 rings (SSSR count). The summed E-state index contributed by atoms with van der Waals surface area (Å²) in [6.07, 6.45) is -3.11. The highest BCUT2D eigenvalue weighted by molar-refractivity contribution is 6.01. The molecular weight excluding hydrogens is 269 g/mol. The van der Waals surface area contributed by atoms with Crippen LogP contribution in [0.2, 0.25) is 0 Å². The van der Waals surface area contributed by atoms with E-state index >= 15 is 0 Å². The molecule has 0 saturated heterocycles. The second kappa shape index (κ2) is 5.98. The van der Waals surface area contributed by atoms with Crippen molar-refractivity contribution < 1.29 is 18.0 Å². The van der Waals surface area contributed by atoms with Crippen LogP contribution in [-0.4, -0.2) is 20.0 Å². The molecule has 1 N–H and O–H groups in total. The van der Waals surface area contributed by atoms with Crippen LogP contribution in [0.3, 0.4) is 0 Å². The first-order chi connectivity index (χ1) is 9.11. The Labute approximate surface area is 116 Å². The number of anilines is 2. The van der Waals surface area contributed by atoms with E-state index in [9.17, 15) is 18.0 Å². The lowest BCUT2D eigenvalue weighted by atomic mass is 10.1. The summed E-state index contributed by atoms with van der Waals surface area (Å²) in [5.74, 6) is -0.451. The van der Waals surface area contributed by atoms with Gasteiger partial charge >= 0.3 is 6.18 Å². The van der Waals surface area contributed by atoms with Gasteiger partial charge in [-0.2, -0.15) is 13.2 Å². The SMILES string of the molecule is CC(C)=CC(=O)Nc1cc(C(F)(F)F)ccc1N(C)C. The molecule has 3 nitrogen and oxygen atoms in total. The van der Waals surface area contributed by atoms with E-state index in [1.807, 2.05) is 0 Å². The highest BCUT2D eigenvalue weighted by atomic mass is 19.4. The molecule has 0 spiro atoms. The Morgan fingerprint density at radius 1 is 1.25 bits per heavy atom. The molecule has 0 fully saturated rings. The molecule has 0 heterocycles. The van der Waals surface area contributed by atoms with Gasteiger partial charge in [0.2, 0.25) is 5.91 Å². The molecule has 0 saturated carbocycles. The number of benzene rings is 1. The van der Waals surface area contributed by atoms with Gasteiger partial charge in [0.25, 0.3) is 0 Å². The summed E-state index contributed by atoms with van der Waals surface area (Å²) in [6.45, 7) is 3.47. The highest BCUT2D eigenvalue weighted by Crippen LogP contribution is 2.34. The van der Waals surface area contributed by atoms with Gasteiger partial charge in [0.1, 0.15) is 0 Å². The largest absolute Gasteiger partial charge is 0.416 e. The van der Waals surface area contributed by atoms with Crippen LogP contribution in [-0.2, 0) is 11.0 Å². The molecule has 1 aromatic carbocycles. The molecule has 0 aromatic heterocycles. The molecule has 1 aromatic rings. The first-order valence-electron chi connectivity index (χ1n) is 5.95. The van der Waals surface area contributed by atoms with Gasteiger partial charge in [-0.1, -0.05) is 5.57 Å². The summed E-state index contributed by atoms with van der Waals surface area (Å²) >= 11 is 0. The van der Waals surface area contributed by atoms with Crippen molar-refractivity contribution in [1.82, 2.24) is 0 Å². The third kappa shape index (κ3) is 4.29. The van der Waals surface area contributed by atoms with Gasteiger partial charge in [-0.25, -0.2) is 0 Å². The van der Waals surface area contributed by atoms with E-state index in [1.165, 1.54) is 12.1 Å². The standard InChI is InChI=1S/C14H17F3N2O/c1-9(2)7-13(20)18-11-8-10(14(15,16)17)5-6-12(11)19(3)4/h5-8H,1-4H3,(H,18,20). The molecule has 20 heavy (non-hydrogen) atoms. The van der Waals surface area contributed by atoms with Gasteiger partial charge in [-0.15, -0.1) is 0 Å². The van der Waals surface area contributed by atoms with Crippen molar-refractivity contribution in [3.05, 3.63) is 35.4 Å². The van der Waals surface area contributed by atoms with E-state index in [4.69, 9.17) is 0 Å². The lowest BCUT2D eigenvalue weighted by molar-refractivity contribution is -0.137. The number of carbonyl (C=O) groups is 1. The normalized spacial score (nSPS) is 10.9. The molecule has 0 bridgehead atoms. The fraction of sp³-hybridized carbons (Fsp3) is 0.357. The molecule has 0 atom stereocenters. The van der Waals surface area contributed by atoms with Crippen LogP contribution in [0.15, 0.2) is 29.8 Å². The van der Waals surface area contributed by atoms with Crippen molar-refractivity contribution in [1.29, 1.82) is 0 Å². The molecule has 6 heteroatoms. The van der Waals surface area contributed by atoms with E-state index in [0.29, 0.717) is 5.69 Å². The summed E-state index contributed by atoms with van der Waals surface area (Å²) < 4.78 is 38.1. The Hall–Kier alpha value is -1.98. The molecule has 0 aliphatic rings. The zero-order valence-corrected chi connectivity index (χ0v) is 11.8. The number of hydrogen-bond donors (Lipinski definition) is 1. The number of carbonyl (C=O) groups excluding carboxylic acids is 1. The maximum Gasteiger partial charge on any atom is 0.416 e. The molecule has 0 aliphatic carbocycles. The Kier molecular flexibility index (Phi) is 4.81. The Morgan fingerprint density at radius 3 is 2.30 bits per heavy atom. The van der Waals surface area contributed by atoms with Crippen LogP contribution in [0.5, 0.6) is 0 Å². The zero-order valence-electron chi connectivity index (χ0n) is 11.8. The minimum atomic E-state index is -4.44. The minimum Gasteiger partial charge on any atom is -0.376 e. The molecular formula is C14H17F3N2O. The number of nitrogens with one attached hydrogen (secondary N) is 1. The van der Waals surface area contributed by atoms with Crippen LogP contribution in [0.25, 0.3) is 0 Å². The van der Waals surface area contributed by atoms with Gasteiger partial charge in [-0.3, -0.25) is 4.79 Å². The maximum absolute atomic E-state index is 12.7. The van der Waals surface area contributed by atoms with Crippen LogP contribution >= 0.6 is 0 Å². The fourth-order valence-electron chi connectivity index (χ4n) is 1.63. The molecule has 1 amide bonds.